The van der Waals surface area contributed by atoms with E-state index in [1.807, 2.05) is 71.4 Å². The molecule has 1 fully saturated rings. The van der Waals surface area contributed by atoms with E-state index in [0.29, 0.717) is 36.9 Å². The minimum atomic E-state index is -0.0213. The monoisotopic (exact) mass is 450 g/mol. The highest BCUT2D eigenvalue weighted by Gasteiger charge is 2.23. The van der Waals surface area contributed by atoms with Crippen molar-refractivity contribution in [2.75, 3.05) is 18.4 Å². The number of nitrogens with one attached hydrogen (secondary N) is 2. The Labute approximate surface area is 198 Å². The molecule has 1 aliphatic rings. The van der Waals surface area contributed by atoms with Crippen LogP contribution in [0, 0.1) is 11.8 Å². The molecule has 7 nitrogen and oxygen atoms in total. The lowest BCUT2D eigenvalue weighted by molar-refractivity contribution is 0.0951. The number of carbonyl (C=O) groups is 1. The van der Waals surface area contributed by atoms with Crippen molar-refractivity contribution in [1.29, 1.82) is 0 Å². The molecule has 0 aliphatic heterocycles. The number of amides is 1. The molecule has 2 aromatic carbocycles. The highest BCUT2D eigenvalue weighted by atomic mass is 16.1. The Morgan fingerprint density at radius 3 is 2.59 bits per heavy atom. The summed E-state index contributed by atoms with van der Waals surface area (Å²) in [6, 6.07) is 18.0. The Morgan fingerprint density at radius 1 is 1.06 bits per heavy atom. The molecule has 4 N–H and O–H groups in total. The normalized spacial score (nSPS) is 12.7. The Hall–Kier alpha value is -4.15. The molecule has 0 spiro atoms. The van der Waals surface area contributed by atoms with Gasteiger partial charge in [0, 0.05) is 41.9 Å². The molecular weight excluding hydrogens is 424 g/mol. The summed E-state index contributed by atoms with van der Waals surface area (Å²) in [5.41, 5.74) is 10.6. The number of benzene rings is 2. The second-order valence-electron chi connectivity index (χ2n) is 8.24. The maximum absolute atomic E-state index is 12.4. The lowest BCUT2D eigenvalue weighted by Gasteiger charge is -2.11. The van der Waals surface area contributed by atoms with Gasteiger partial charge in [0.2, 0.25) is 0 Å². The highest BCUT2D eigenvalue weighted by Crippen LogP contribution is 2.28. The van der Waals surface area contributed by atoms with Gasteiger partial charge >= 0.3 is 0 Å². The summed E-state index contributed by atoms with van der Waals surface area (Å²) in [5, 5.41) is 6.41. The molecule has 1 aliphatic carbocycles. The van der Waals surface area contributed by atoms with Crippen LogP contribution in [0.3, 0.4) is 0 Å². The number of hydrogen-bond acceptors (Lipinski definition) is 5. The number of fused-ring (bicyclic) bond motifs is 1. The van der Waals surface area contributed by atoms with E-state index in [4.69, 9.17) is 10.7 Å². The van der Waals surface area contributed by atoms with Crippen molar-refractivity contribution in [2.24, 2.45) is 5.73 Å². The quantitative estimate of drug-likeness (QED) is 0.295. The van der Waals surface area contributed by atoms with Gasteiger partial charge in [0.15, 0.2) is 11.5 Å². The van der Waals surface area contributed by atoms with E-state index in [-0.39, 0.29) is 5.91 Å². The minimum absolute atomic E-state index is 0.0213. The van der Waals surface area contributed by atoms with Crippen molar-refractivity contribution in [2.45, 2.75) is 25.3 Å². The van der Waals surface area contributed by atoms with Crippen LogP contribution in [0.5, 0.6) is 0 Å². The summed E-state index contributed by atoms with van der Waals surface area (Å²) in [6.07, 6.45) is 6.64. The summed E-state index contributed by atoms with van der Waals surface area (Å²) in [5.74, 6) is 6.59. The smallest absolute Gasteiger partial charge is 0.251 e. The first kappa shape index (κ1) is 21.7. The Balaban J connectivity index is 1.49. The molecule has 0 radical (unpaired) electrons. The molecule has 0 atom stereocenters. The molecule has 0 saturated heterocycles. The number of rotatable bonds is 7. The molecule has 0 bridgehead atoms. The third kappa shape index (κ3) is 4.77. The van der Waals surface area contributed by atoms with E-state index in [1.165, 1.54) is 0 Å². The zero-order valence-corrected chi connectivity index (χ0v) is 18.8. The number of anilines is 1. The Kier molecular flexibility index (Phi) is 6.23. The van der Waals surface area contributed by atoms with Gasteiger partial charge in [-0.2, -0.15) is 0 Å². The molecule has 0 unspecified atom stereocenters. The van der Waals surface area contributed by atoms with Gasteiger partial charge in [-0.1, -0.05) is 48.4 Å². The number of hydrogen-bond donors (Lipinski definition) is 3. The van der Waals surface area contributed by atoms with Crippen molar-refractivity contribution in [3.63, 3.8) is 0 Å². The number of aromatic nitrogens is 3. The first-order valence-corrected chi connectivity index (χ1v) is 11.5. The lowest BCUT2D eigenvalue weighted by atomic mass is 10.1. The molecule has 5 rings (SSSR count). The van der Waals surface area contributed by atoms with Crippen LogP contribution in [0.15, 0.2) is 67.0 Å². The van der Waals surface area contributed by atoms with E-state index in [2.05, 4.69) is 27.5 Å². The molecule has 34 heavy (non-hydrogen) atoms. The number of carbonyl (C=O) groups excluding carboxylic acids is 1. The number of imidazole rings is 1. The zero-order valence-electron chi connectivity index (χ0n) is 18.8. The van der Waals surface area contributed by atoms with Crippen molar-refractivity contribution in [1.82, 2.24) is 19.7 Å². The summed E-state index contributed by atoms with van der Waals surface area (Å²) in [6.45, 7) is 0.998. The van der Waals surface area contributed by atoms with Gasteiger partial charge in [0.05, 0.1) is 24.1 Å². The zero-order chi connectivity index (χ0) is 23.3. The van der Waals surface area contributed by atoms with E-state index in [1.54, 1.807) is 0 Å². The van der Waals surface area contributed by atoms with Crippen LogP contribution in [0.1, 0.15) is 29.6 Å². The van der Waals surface area contributed by atoms with Crippen molar-refractivity contribution >= 4 is 17.4 Å². The highest BCUT2D eigenvalue weighted by molar-refractivity contribution is 5.95. The fourth-order valence-electron chi connectivity index (χ4n) is 3.76. The largest absolute Gasteiger partial charge is 0.366 e. The predicted molar refractivity (Wildman–Crippen MR) is 134 cm³/mol. The lowest BCUT2D eigenvalue weighted by Crippen LogP contribution is -2.25. The van der Waals surface area contributed by atoms with Crippen molar-refractivity contribution < 1.29 is 4.79 Å². The van der Waals surface area contributed by atoms with Gasteiger partial charge in [0.1, 0.15) is 0 Å². The summed E-state index contributed by atoms with van der Waals surface area (Å²) < 4.78 is 2.04. The Morgan fingerprint density at radius 2 is 1.85 bits per heavy atom. The summed E-state index contributed by atoms with van der Waals surface area (Å²) in [4.78, 5) is 21.9. The first-order chi connectivity index (χ1) is 16.7. The van der Waals surface area contributed by atoms with Gasteiger partial charge in [-0.15, -0.1) is 5.92 Å². The van der Waals surface area contributed by atoms with Crippen LogP contribution in [0.2, 0.25) is 0 Å². The second kappa shape index (κ2) is 9.77. The fourth-order valence-corrected chi connectivity index (χ4v) is 3.76. The second-order valence-corrected chi connectivity index (χ2v) is 8.24. The average molecular weight is 451 g/mol. The first-order valence-electron chi connectivity index (χ1n) is 11.5. The van der Waals surface area contributed by atoms with E-state index in [0.717, 1.165) is 41.0 Å². The van der Waals surface area contributed by atoms with Gasteiger partial charge in [0.25, 0.3) is 5.91 Å². The molecule has 4 aromatic rings. The topological polar surface area (TPSA) is 97.3 Å². The van der Waals surface area contributed by atoms with Crippen LogP contribution in [0.25, 0.3) is 28.2 Å². The van der Waals surface area contributed by atoms with Crippen LogP contribution < -0.4 is 16.4 Å². The third-order valence-corrected chi connectivity index (χ3v) is 5.69. The van der Waals surface area contributed by atoms with Crippen LogP contribution in [0.4, 0.5) is 5.82 Å². The third-order valence-electron chi connectivity index (χ3n) is 5.69. The summed E-state index contributed by atoms with van der Waals surface area (Å²) >= 11 is 0. The average Bonchev–Trinajstić information content (AvgIpc) is 3.59. The van der Waals surface area contributed by atoms with Crippen molar-refractivity contribution in [3.8, 4) is 34.4 Å². The van der Waals surface area contributed by atoms with Crippen molar-refractivity contribution in [3.05, 3.63) is 72.6 Å². The van der Waals surface area contributed by atoms with Gasteiger partial charge in [-0.25, -0.2) is 9.97 Å². The SMILES string of the molecule is NCC#CCCNc1nc(-c2ccccc2)cn2c(-c3ccc(C(=O)NC4CC4)cc3)cnc12. The molecule has 2 heterocycles. The van der Waals surface area contributed by atoms with E-state index < -0.39 is 0 Å². The van der Waals surface area contributed by atoms with Crippen LogP contribution in [-0.2, 0) is 0 Å². The standard InChI is InChI=1S/C27H26N6O/c28-15-5-2-6-16-29-25-26-30-17-24(33(26)18-23(32-25)19-7-3-1-4-8-19)20-9-11-21(12-10-20)27(34)31-22-13-14-22/h1,3-4,7-12,17-18,22H,6,13-16,28H2,(H,29,32)(H,31,34). The minimum Gasteiger partial charge on any atom is -0.366 e. The van der Waals surface area contributed by atoms with Gasteiger partial charge in [-0.05, 0) is 25.0 Å². The Bertz CT molecular complexity index is 1360. The number of nitrogens with two attached hydrogens (primary N) is 1. The molecule has 1 amide bonds. The maximum Gasteiger partial charge on any atom is 0.251 e. The molecule has 2 aromatic heterocycles. The molecule has 1 saturated carbocycles. The number of nitrogens with zero attached hydrogens (tertiary/aromatic N) is 3. The van der Waals surface area contributed by atoms with Crippen LogP contribution in [-0.4, -0.2) is 39.4 Å². The van der Waals surface area contributed by atoms with Gasteiger partial charge in [-0.3, -0.25) is 9.20 Å². The fraction of sp³-hybridized carbons (Fsp3) is 0.222. The van der Waals surface area contributed by atoms with Crippen LogP contribution >= 0.6 is 0 Å². The molecule has 7 heteroatoms. The van der Waals surface area contributed by atoms with E-state index in [9.17, 15) is 4.79 Å². The predicted octanol–water partition coefficient (Wildman–Crippen LogP) is 3.72. The summed E-state index contributed by atoms with van der Waals surface area (Å²) in [7, 11) is 0. The molecular formula is C27H26N6O. The molecule has 170 valence electrons. The van der Waals surface area contributed by atoms with Gasteiger partial charge < -0.3 is 16.4 Å². The van der Waals surface area contributed by atoms with E-state index >= 15 is 0 Å². The maximum atomic E-state index is 12.4.